The second-order valence-corrected chi connectivity index (χ2v) is 6.44. The number of anilines is 2. The second kappa shape index (κ2) is 8.59. The van der Waals surface area contributed by atoms with E-state index in [4.69, 9.17) is 10.5 Å². The third-order valence-corrected chi connectivity index (χ3v) is 4.75. The summed E-state index contributed by atoms with van der Waals surface area (Å²) in [6.45, 7) is 0.114. The van der Waals surface area contributed by atoms with Crippen molar-refractivity contribution in [2.45, 2.75) is 6.42 Å². The molecule has 3 aromatic rings. The summed E-state index contributed by atoms with van der Waals surface area (Å²) in [6, 6.07) is 19.7. The van der Waals surface area contributed by atoms with Gasteiger partial charge in [-0.05, 0) is 46.4 Å². The SMILES string of the molecule is CNc1c(N)cc(-c2ccc(-c3ccccc3CCO)cc2)cc1C(=O)OC. The number of methoxy groups -OCH3 is 1. The molecule has 4 N–H and O–H groups in total. The number of nitrogens with two attached hydrogens (primary N) is 1. The number of carbonyl (C=O) groups excluding carboxylic acids is 1. The highest BCUT2D eigenvalue weighted by Gasteiger charge is 2.16. The third kappa shape index (κ3) is 3.85. The Balaban J connectivity index is 2.01. The minimum Gasteiger partial charge on any atom is -0.465 e. The molecule has 28 heavy (non-hydrogen) atoms. The van der Waals surface area contributed by atoms with Crippen LogP contribution in [0.15, 0.2) is 60.7 Å². The molecule has 0 amide bonds. The molecular weight excluding hydrogens is 352 g/mol. The molecule has 5 nitrogen and oxygen atoms in total. The summed E-state index contributed by atoms with van der Waals surface area (Å²) in [7, 11) is 3.07. The van der Waals surface area contributed by atoms with Gasteiger partial charge in [-0.15, -0.1) is 0 Å². The molecule has 3 aromatic carbocycles. The third-order valence-electron chi connectivity index (χ3n) is 4.75. The normalized spacial score (nSPS) is 10.5. The van der Waals surface area contributed by atoms with Gasteiger partial charge < -0.3 is 20.9 Å². The topological polar surface area (TPSA) is 84.6 Å². The van der Waals surface area contributed by atoms with E-state index in [1.807, 2.05) is 48.5 Å². The molecule has 5 heteroatoms. The first kappa shape index (κ1) is 19.5. The lowest BCUT2D eigenvalue weighted by atomic mass is 9.95. The fourth-order valence-electron chi connectivity index (χ4n) is 3.36. The number of ether oxygens (including phenoxy) is 1. The number of aliphatic hydroxyl groups excluding tert-OH is 1. The molecule has 0 aliphatic rings. The van der Waals surface area contributed by atoms with Gasteiger partial charge in [0.1, 0.15) is 0 Å². The minimum absolute atomic E-state index is 0.114. The standard InChI is InChI=1S/C23H24N2O3/c1-25-22-20(23(27)28-2)13-18(14-21(22)24)15-7-9-17(10-8-15)19-6-4-3-5-16(19)11-12-26/h3-10,13-14,25-26H,11-12,24H2,1-2H3. The van der Waals surface area contributed by atoms with E-state index in [9.17, 15) is 9.90 Å². The van der Waals surface area contributed by atoms with Crippen molar-refractivity contribution in [1.82, 2.24) is 0 Å². The summed E-state index contributed by atoms with van der Waals surface area (Å²) in [5.74, 6) is -0.438. The van der Waals surface area contributed by atoms with Crippen molar-refractivity contribution in [3.05, 3.63) is 71.8 Å². The maximum Gasteiger partial charge on any atom is 0.340 e. The zero-order chi connectivity index (χ0) is 20.1. The van der Waals surface area contributed by atoms with Crippen LogP contribution in [-0.4, -0.2) is 31.8 Å². The number of nitrogen functional groups attached to an aromatic ring is 1. The van der Waals surface area contributed by atoms with E-state index in [0.29, 0.717) is 23.4 Å². The molecule has 0 bridgehead atoms. The van der Waals surface area contributed by atoms with Crippen LogP contribution in [-0.2, 0) is 11.2 Å². The number of carbonyl (C=O) groups is 1. The summed E-state index contributed by atoms with van der Waals surface area (Å²) in [5.41, 5.74) is 12.6. The predicted molar refractivity (Wildman–Crippen MR) is 113 cm³/mol. The lowest BCUT2D eigenvalue weighted by Crippen LogP contribution is -2.08. The number of aliphatic hydroxyl groups is 1. The number of nitrogens with one attached hydrogen (secondary N) is 1. The highest BCUT2D eigenvalue weighted by atomic mass is 16.5. The Morgan fingerprint density at radius 1 is 1.04 bits per heavy atom. The average Bonchev–Trinajstić information content (AvgIpc) is 2.73. The van der Waals surface area contributed by atoms with Crippen LogP contribution < -0.4 is 11.1 Å². The molecule has 0 aliphatic heterocycles. The zero-order valence-corrected chi connectivity index (χ0v) is 16.0. The van der Waals surface area contributed by atoms with E-state index in [2.05, 4.69) is 11.4 Å². The molecule has 144 valence electrons. The monoisotopic (exact) mass is 376 g/mol. The summed E-state index contributed by atoms with van der Waals surface area (Å²) in [4.78, 5) is 12.1. The largest absolute Gasteiger partial charge is 0.465 e. The number of benzene rings is 3. The van der Waals surface area contributed by atoms with Crippen molar-refractivity contribution < 1.29 is 14.6 Å². The first-order valence-electron chi connectivity index (χ1n) is 9.08. The Kier molecular flexibility index (Phi) is 5.96. The smallest absolute Gasteiger partial charge is 0.340 e. The van der Waals surface area contributed by atoms with Gasteiger partial charge >= 0.3 is 5.97 Å². The Morgan fingerprint density at radius 3 is 2.36 bits per heavy atom. The first-order chi connectivity index (χ1) is 13.6. The molecule has 0 spiro atoms. The Morgan fingerprint density at radius 2 is 1.71 bits per heavy atom. The fraction of sp³-hybridized carbons (Fsp3) is 0.174. The second-order valence-electron chi connectivity index (χ2n) is 6.44. The van der Waals surface area contributed by atoms with Crippen LogP contribution in [0.2, 0.25) is 0 Å². The fourth-order valence-corrected chi connectivity index (χ4v) is 3.36. The van der Waals surface area contributed by atoms with E-state index in [1.165, 1.54) is 7.11 Å². The summed E-state index contributed by atoms with van der Waals surface area (Å²) in [5, 5.41) is 12.2. The maximum atomic E-state index is 12.1. The van der Waals surface area contributed by atoms with Crippen molar-refractivity contribution >= 4 is 17.3 Å². The van der Waals surface area contributed by atoms with Gasteiger partial charge in [0, 0.05) is 13.7 Å². The molecule has 0 atom stereocenters. The van der Waals surface area contributed by atoms with Crippen LogP contribution >= 0.6 is 0 Å². The lowest BCUT2D eigenvalue weighted by Gasteiger charge is -2.14. The van der Waals surface area contributed by atoms with Crippen LogP contribution in [0.5, 0.6) is 0 Å². The van der Waals surface area contributed by atoms with Crippen molar-refractivity contribution in [2.75, 3.05) is 31.8 Å². The van der Waals surface area contributed by atoms with E-state index >= 15 is 0 Å². The summed E-state index contributed by atoms with van der Waals surface area (Å²) >= 11 is 0. The molecule has 0 unspecified atom stereocenters. The van der Waals surface area contributed by atoms with Crippen LogP contribution in [0.4, 0.5) is 11.4 Å². The van der Waals surface area contributed by atoms with Gasteiger partial charge in [0.2, 0.25) is 0 Å². The Labute approximate surface area is 164 Å². The van der Waals surface area contributed by atoms with Crippen molar-refractivity contribution in [2.24, 2.45) is 0 Å². The van der Waals surface area contributed by atoms with Gasteiger partial charge in [-0.25, -0.2) is 4.79 Å². The molecule has 0 aliphatic carbocycles. The molecule has 0 saturated carbocycles. The number of hydrogen-bond donors (Lipinski definition) is 3. The van der Waals surface area contributed by atoms with Gasteiger partial charge in [0.05, 0.1) is 24.0 Å². The summed E-state index contributed by atoms with van der Waals surface area (Å²) in [6.07, 6.45) is 0.614. The quantitative estimate of drug-likeness (QED) is 0.448. The molecule has 0 radical (unpaired) electrons. The lowest BCUT2D eigenvalue weighted by molar-refractivity contribution is 0.0602. The van der Waals surface area contributed by atoms with Gasteiger partial charge in [0.15, 0.2) is 0 Å². The Hall–Kier alpha value is -3.31. The predicted octanol–water partition coefficient (Wildman–Crippen LogP) is 3.97. The van der Waals surface area contributed by atoms with Crippen LogP contribution in [0, 0.1) is 0 Å². The van der Waals surface area contributed by atoms with Gasteiger partial charge in [-0.3, -0.25) is 0 Å². The molecule has 0 aromatic heterocycles. The van der Waals surface area contributed by atoms with Crippen molar-refractivity contribution in [1.29, 1.82) is 0 Å². The maximum absolute atomic E-state index is 12.1. The highest BCUT2D eigenvalue weighted by molar-refractivity contribution is 6.00. The van der Waals surface area contributed by atoms with Crippen molar-refractivity contribution in [3.63, 3.8) is 0 Å². The molecular formula is C23H24N2O3. The van der Waals surface area contributed by atoms with Gasteiger partial charge in [-0.2, -0.15) is 0 Å². The highest BCUT2D eigenvalue weighted by Crippen LogP contribution is 2.33. The van der Waals surface area contributed by atoms with E-state index in [-0.39, 0.29) is 6.61 Å². The van der Waals surface area contributed by atoms with Crippen molar-refractivity contribution in [3.8, 4) is 22.3 Å². The first-order valence-corrected chi connectivity index (χ1v) is 9.08. The summed E-state index contributed by atoms with van der Waals surface area (Å²) < 4.78 is 4.88. The minimum atomic E-state index is -0.438. The van der Waals surface area contributed by atoms with Crippen LogP contribution in [0.3, 0.4) is 0 Å². The molecule has 0 saturated heterocycles. The van der Waals surface area contributed by atoms with Gasteiger partial charge in [0.25, 0.3) is 0 Å². The van der Waals surface area contributed by atoms with E-state index < -0.39 is 5.97 Å². The Bertz CT molecular complexity index is 982. The van der Waals surface area contributed by atoms with E-state index in [1.54, 1.807) is 13.1 Å². The molecule has 3 rings (SSSR count). The van der Waals surface area contributed by atoms with Crippen LogP contribution in [0.25, 0.3) is 22.3 Å². The molecule has 0 fully saturated rings. The zero-order valence-electron chi connectivity index (χ0n) is 16.0. The van der Waals surface area contributed by atoms with Gasteiger partial charge in [-0.1, -0.05) is 48.5 Å². The number of esters is 1. The molecule has 0 heterocycles. The van der Waals surface area contributed by atoms with E-state index in [0.717, 1.165) is 27.8 Å². The number of rotatable bonds is 6. The average molecular weight is 376 g/mol. The van der Waals surface area contributed by atoms with Crippen LogP contribution in [0.1, 0.15) is 15.9 Å². The number of hydrogen-bond acceptors (Lipinski definition) is 5.